The number of rotatable bonds is 3. The van der Waals surface area contributed by atoms with E-state index in [0.29, 0.717) is 0 Å². The Morgan fingerprint density at radius 3 is 1.94 bits per heavy atom. The Balaban J connectivity index is 0.000000366. The van der Waals surface area contributed by atoms with Crippen LogP contribution in [0.1, 0.15) is 5.56 Å². The van der Waals surface area contributed by atoms with Crippen molar-refractivity contribution in [3.8, 4) is 0 Å². The number of carbonyl (C=O) groups excluding carboxylic acids is 1. The quantitative estimate of drug-likeness (QED) is 0.620. The molecule has 0 unspecified atom stereocenters. The summed E-state index contributed by atoms with van der Waals surface area (Å²) >= 11 is 9.43. The van der Waals surface area contributed by atoms with Crippen LogP contribution in [0.15, 0.2) is 30.3 Å². The summed E-state index contributed by atoms with van der Waals surface area (Å²) in [5.74, 6) is -1.46. The summed E-state index contributed by atoms with van der Waals surface area (Å²) in [6.07, 6.45) is 0. The van der Waals surface area contributed by atoms with Crippen molar-refractivity contribution in [2.45, 2.75) is 11.4 Å². The highest BCUT2D eigenvalue weighted by Crippen LogP contribution is 2.05. The van der Waals surface area contributed by atoms with Gasteiger partial charge in [-0.05, 0) is 0 Å². The average Bonchev–Trinajstić information content (AvgIpc) is 2.17. The lowest BCUT2D eigenvalue weighted by atomic mass is 10.2. The van der Waals surface area contributed by atoms with Crippen LogP contribution in [0.5, 0.6) is 0 Å². The first-order chi connectivity index (χ1) is 7.72. The second kappa shape index (κ2) is 7.54. The molecule has 17 heavy (non-hydrogen) atoms. The highest BCUT2D eigenvalue weighted by molar-refractivity contribution is 6.52. The minimum absolute atomic E-state index is 0.990. The first-order valence-electron chi connectivity index (χ1n) is 5.06. The van der Waals surface area contributed by atoms with Crippen LogP contribution in [-0.2, 0) is 11.3 Å². The van der Waals surface area contributed by atoms with Gasteiger partial charge in [-0.25, -0.2) is 0 Å². The van der Waals surface area contributed by atoms with Crippen molar-refractivity contribution in [2.24, 2.45) is 0 Å². The molecule has 0 spiro atoms. The maximum Gasteiger partial charge on any atom is 0.146 e. The third-order valence-corrected chi connectivity index (χ3v) is 2.03. The van der Waals surface area contributed by atoms with Gasteiger partial charge in [-0.3, -0.25) is 0 Å². The molecular weight excluding hydrogens is 261 g/mol. The van der Waals surface area contributed by atoms with Gasteiger partial charge >= 0.3 is 0 Å². The van der Waals surface area contributed by atoms with Crippen molar-refractivity contribution in [1.82, 2.24) is 0 Å². The molecule has 0 atom stereocenters. The normalized spacial score (nSPS) is 10.7. The summed E-state index contributed by atoms with van der Waals surface area (Å²) in [5.41, 5.74) is 1.40. The van der Waals surface area contributed by atoms with Crippen LogP contribution in [0.25, 0.3) is 0 Å². The van der Waals surface area contributed by atoms with Crippen LogP contribution >= 0.6 is 23.2 Å². The van der Waals surface area contributed by atoms with E-state index in [0.717, 1.165) is 11.0 Å². The molecule has 0 aliphatic carbocycles. The van der Waals surface area contributed by atoms with Crippen LogP contribution in [0.3, 0.4) is 0 Å². The van der Waals surface area contributed by atoms with Crippen molar-refractivity contribution in [3.05, 3.63) is 35.9 Å². The van der Waals surface area contributed by atoms with Crippen molar-refractivity contribution in [1.29, 1.82) is 0 Å². The number of carboxylic acid groups (broad SMARTS) is 1. The molecule has 0 aliphatic rings. The molecule has 0 saturated heterocycles. The summed E-state index contributed by atoms with van der Waals surface area (Å²) < 4.78 is 0.990. The van der Waals surface area contributed by atoms with Crippen molar-refractivity contribution >= 4 is 29.2 Å². The topological polar surface area (TPSA) is 40.1 Å². The van der Waals surface area contributed by atoms with Gasteiger partial charge in [0, 0.05) is 5.56 Å². The van der Waals surface area contributed by atoms with Crippen LogP contribution in [0, 0.1) is 0 Å². The molecule has 0 N–H and O–H groups in total. The molecule has 5 heteroatoms. The van der Waals surface area contributed by atoms with Crippen LogP contribution < -0.4 is 5.11 Å². The molecule has 96 valence electrons. The number of aliphatic carboxylic acids is 1. The van der Waals surface area contributed by atoms with Gasteiger partial charge in [-0.15, -0.1) is 0 Å². The molecule has 3 nitrogen and oxygen atoms in total. The van der Waals surface area contributed by atoms with Crippen LogP contribution in [0.4, 0.5) is 0 Å². The summed E-state index contributed by atoms with van der Waals surface area (Å²) in [7, 11) is 6.60. The standard InChI is InChI=1S/C10H16N.C2H2Cl2O2/c1-11(2,3)9-10-7-5-4-6-8-10;3-1(4)2(5)6/h4-8H,9H2,1-3H3;1H,(H,5,6)/q+1;/p-1. The largest absolute Gasteiger partial charge is 0.547 e. The van der Waals surface area contributed by atoms with Gasteiger partial charge in [0.2, 0.25) is 0 Å². The van der Waals surface area contributed by atoms with E-state index >= 15 is 0 Å². The van der Waals surface area contributed by atoms with Gasteiger partial charge in [-0.1, -0.05) is 53.5 Å². The number of hydrogen-bond acceptors (Lipinski definition) is 2. The third-order valence-electron chi connectivity index (χ3n) is 1.68. The van der Waals surface area contributed by atoms with Crippen molar-refractivity contribution < 1.29 is 14.4 Å². The number of benzene rings is 1. The number of hydrogen-bond donors (Lipinski definition) is 0. The Kier molecular flexibility index (Phi) is 7.19. The molecule has 0 radical (unpaired) electrons. The maximum atomic E-state index is 9.32. The summed E-state index contributed by atoms with van der Waals surface area (Å²) in [5, 5.41) is 9.32. The lowest BCUT2D eigenvalue weighted by Crippen LogP contribution is -2.33. The molecule has 1 rings (SSSR count). The van der Waals surface area contributed by atoms with E-state index in [-0.39, 0.29) is 0 Å². The molecule has 0 aliphatic heterocycles. The summed E-state index contributed by atoms with van der Waals surface area (Å²) in [6.45, 7) is 1.10. The van der Waals surface area contributed by atoms with Crippen molar-refractivity contribution in [2.75, 3.05) is 21.1 Å². The zero-order chi connectivity index (χ0) is 13.5. The Bertz CT molecular complexity index is 334. The fourth-order valence-corrected chi connectivity index (χ4v) is 1.13. The van der Waals surface area contributed by atoms with Gasteiger partial charge in [0.15, 0.2) is 0 Å². The molecule has 0 amide bonds. The fraction of sp³-hybridized carbons (Fsp3) is 0.417. The van der Waals surface area contributed by atoms with Gasteiger partial charge in [0.05, 0.1) is 27.1 Å². The smallest absolute Gasteiger partial charge is 0.146 e. The third kappa shape index (κ3) is 10.1. The van der Waals surface area contributed by atoms with E-state index in [1.54, 1.807) is 0 Å². The van der Waals surface area contributed by atoms with Gasteiger partial charge in [0.25, 0.3) is 0 Å². The number of alkyl halides is 2. The van der Waals surface area contributed by atoms with Gasteiger partial charge < -0.3 is 14.4 Å². The lowest BCUT2D eigenvalue weighted by molar-refractivity contribution is -0.884. The minimum atomic E-state index is -1.46. The second-order valence-corrected chi connectivity index (χ2v) is 5.65. The Morgan fingerprint density at radius 2 is 1.65 bits per heavy atom. The first kappa shape index (κ1) is 16.2. The van der Waals surface area contributed by atoms with E-state index in [4.69, 9.17) is 23.2 Å². The van der Waals surface area contributed by atoms with E-state index in [9.17, 15) is 9.90 Å². The second-order valence-electron chi connectivity index (χ2n) is 4.55. The maximum absolute atomic E-state index is 9.32. The average molecular weight is 278 g/mol. The number of halogens is 2. The molecule has 1 aromatic rings. The fourth-order valence-electron chi connectivity index (χ4n) is 1.13. The molecule has 1 aromatic carbocycles. The number of quaternary nitrogens is 1. The Hall–Kier alpha value is -0.770. The minimum Gasteiger partial charge on any atom is -0.547 e. The van der Waals surface area contributed by atoms with E-state index in [2.05, 4.69) is 51.5 Å². The predicted molar refractivity (Wildman–Crippen MR) is 68.7 cm³/mol. The highest BCUT2D eigenvalue weighted by Gasteiger charge is 2.06. The SMILES string of the molecule is C[N+](C)(C)Cc1ccccc1.O=C([O-])C(Cl)Cl. The van der Waals surface area contributed by atoms with Gasteiger partial charge in [0.1, 0.15) is 11.4 Å². The van der Waals surface area contributed by atoms with Crippen LogP contribution in [-0.4, -0.2) is 36.4 Å². The van der Waals surface area contributed by atoms with Crippen molar-refractivity contribution in [3.63, 3.8) is 0 Å². The first-order valence-corrected chi connectivity index (χ1v) is 5.93. The summed E-state index contributed by atoms with van der Waals surface area (Å²) in [6, 6.07) is 10.6. The monoisotopic (exact) mass is 277 g/mol. The van der Waals surface area contributed by atoms with E-state index < -0.39 is 10.8 Å². The van der Waals surface area contributed by atoms with E-state index in [1.807, 2.05) is 0 Å². The molecular formula is C12H17Cl2NO2. The molecule has 0 heterocycles. The lowest BCUT2D eigenvalue weighted by Gasteiger charge is -2.23. The number of carboxylic acids is 1. The number of carbonyl (C=O) groups is 1. The predicted octanol–water partition coefficient (Wildman–Crippen LogP) is 1.43. The van der Waals surface area contributed by atoms with Crippen LogP contribution in [0.2, 0.25) is 0 Å². The summed E-state index contributed by atoms with van der Waals surface area (Å²) in [4.78, 5) is 7.93. The molecule has 0 saturated carbocycles. The van der Waals surface area contributed by atoms with Gasteiger partial charge in [-0.2, -0.15) is 0 Å². The Labute approximate surface area is 112 Å². The molecule has 0 aromatic heterocycles. The number of nitrogens with zero attached hydrogens (tertiary/aromatic N) is 1. The molecule has 0 fully saturated rings. The zero-order valence-corrected chi connectivity index (χ0v) is 11.7. The van der Waals surface area contributed by atoms with E-state index in [1.165, 1.54) is 5.56 Å². The zero-order valence-electron chi connectivity index (χ0n) is 10.2. The molecule has 0 bridgehead atoms. The Morgan fingerprint density at radius 1 is 1.24 bits per heavy atom. The highest BCUT2D eigenvalue weighted by atomic mass is 35.5.